The first kappa shape index (κ1) is 17.5. The van der Waals surface area contributed by atoms with E-state index in [-0.39, 0.29) is 5.82 Å². The van der Waals surface area contributed by atoms with Crippen LogP contribution in [-0.2, 0) is 6.42 Å². The Kier molecular flexibility index (Phi) is 8.16. The monoisotopic (exact) mass is 299 g/mol. The molecule has 1 aromatic rings. The van der Waals surface area contributed by atoms with Crippen LogP contribution >= 0.6 is 11.6 Å². The fourth-order valence-electron chi connectivity index (χ4n) is 2.89. The minimum atomic E-state index is -0.149. The van der Waals surface area contributed by atoms with Gasteiger partial charge < -0.3 is 5.32 Å². The maximum Gasteiger partial charge on any atom is 0.126 e. The smallest absolute Gasteiger partial charge is 0.126 e. The van der Waals surface area contributed by atoms with Crippen molar-refractivity contribution in [3.63, 3.8) is 0 Å². The summed E-state index contributed by atoms with van der Waals surface area (Å²) in [5.41, 5.74) is 0.723. The molecule has 1 unspecified atom stereocenters. The van der Waals surface area contributed by atoms with Gasteiger partial charge in [0, 0.05) is 11.1 Å². The van der Waals surface area contributed by atoms with Crippen molar-refractivity contribution in [2.24, 2.45) is 5.92 Å². The van der Waals surface area contributed by atoms with Crippen LogP contribution in [0.1, 0.15) is 52.0 Å². The number of hydrogen-bond donors (Lipinski definition) is 1. The maximum atomic E-state index is 13.9. The zero-order valence-electron chi connectivity index (χ0n) is 12.9. The molecule has 1 aromatic carbocycles. The molecule has 0 saturated carbocycles. The molecule has 0 bridgehead atoms. The third kappa shape index (κ3) is 5.41. The van der Waals surface area contributed by atoms with Crippen molar-refractivity contribution in [1.82, 2.24) is 5.32 Å². The summed E-state index contributed by atoms with van der Waals surface area (Å²) in [6.07, 6.45) is 5.43. The number of halogens is 2. The molecule has 0 spiro atoms. The Morgan fingerprint density at radius 2 is 1.80 bits per heavy atom. The van der Waals surface area contributed by atoms with Crippen molar-refractivity contribution in [3.8, 4) is 0 Å². The van der Waals surface area contributed by atoms with Crippen LogP contribution in [0.3, 0.4) is 0 Å². The predicted molar refractivity (Wildman–Crippen MR) is 85.9 cm³/mol. The van der Waals surface area contributed by atoms with Gasteiger partial charge in [-0.15, -0.1) is 0 Å². The highest BCUT2D eigenvalue weighted by atomic mass is 35.5. The van der Waals surface area contributed by atoms with E-state index >= 15 is 0 Å². The quantitative estimate of drug-likeness (QED) is 0.659. The lowest BCUT2D eigenvalue weighted by Gasteiger charge is -2.28. The van der Waals surface area contributed by atoms with Crippen molar-refractivity contribution >= 4 is 11.6 Å². The molecular weight excluding hydrogens is 273 g/mol. The van der Waals surface area contributed by atoms with E-state index in [2.05, 4.69) is 26.1 Å². The molecule has 1 atom stereocenters. The molecule has 3 heteroatoms. The average molecular weight is 300 g/mol. The van der Waals surface area contributed by atoms with Gasteiger partial charge in [0.25, 0.3) is 0 Å². The largest absolute Gasteiger partial charge is 0.314 e. The molecule has 1 rings (SSSR count). The van der Waals surface area contributed by atoms with E-state index in [1.165, 1.54) is 31.7 Å². The van der Waals surface area contributed by atoms with Gasteiger partial charge in [-0.05, 0) is 55.5 Å². The number of likely N-dealkylation sites (N-methyl/N-ethyl adjacent to an activating group) is 1. The summed E-state index contributed by atoms with van der Waals surface area (Å²) in [4.78, 5) is 0. The third-order valence-electron chi connectivity index (χ3n) is 3.80. The second-order valence-electron chi connectivity index (χ2n) is 5.44. The van der Waals surface area contributed by atoms with Crippen LogP contribution in [0.25, 0.3) is 0 Å². The standard InChI is InChI=1S/C17H27ClFN/c1-4-7-13(8-5-2)17(20-6-3)12-14-11-15(18)9-10-16(14)19/h9-11,13,17,20H,4-8,12H2,1-3H3. The van der Waals surface area contributed by atoms with Crippen molar-refractivity contribution in [1.29, 1.82) is 0 Å². The van der Waals surface area contributed by atoms with Crippen LogP contribution in [-0.4, -0.2) is 12.6 Å². The highest BCUT2D eigenvalue weighted by Crippen LogP contribution is 2.23. The summed E-state index contributed by atoms with van der Waals surface area (Å²) in [5, 5.41) is 4.15. The first-order valence-corrected chi connectivity index (χ1v) is 8.17. The summed E-state index contributed by atoms with van der Waals surface area (Å²) in [7, 11) is 0. The zero-order chi connectivity index (χ0) is 15.0. The second-order valence-corrected chi connectivity index (χ2v) is 5.88. The van der Waals surface area contributed by atoms with Crippen LogP contribution in [0, 0.1) is 11.7 Å². The third-order valence-corrected chi connectivity index (χ3v) is 4.04. The fraction of sp³-hybridized carbons (Fsp3) is 0.647. The molecule has 0 amide bonds. The fourth-order valence-corrected chi connectivity index (χ4v) is 3.09. The van der Waals surface area contributed by atoms with Gasteiger partial charge in [-0.25, -0.2) is 4.39 Å². The minimum Gasteiger partial charge on any atom is -0.314 e. The molecule has 20 heavy (non-hydrogen) atoms. The Morgan fingerprint density at radius 1 is 1.15 bits per heavy atom. The lowest BCUT2D eigenvalue weighted by atomic mass is 9.86. The van der Waals surface area contributed by atoms with Gasteiger partial charge in [-0.1, -0.05) is 45.2 Å². The number of rotatable bonds is 9. The van der Waals surface area contributed by atoms with Gasteiger partial charge in [0.2, 0.25) is 0 Å². The summed E-state index contributed by atoms with van der Waals surface area (Å²) in [6.45, 7) is 7.45. The average Bonchev–Trinajstić information content (AvgIpc) is 2.42. The zero-order valence-corrected chi connectivity index (χ0v) is 13.6. The molecule has 0 aromatic heterocycles. The van der Waals surface area contributed by atoms with Crippen molar-refractivity contribution in [3.05, 3.63) is 34.6 Å². The van der Waals surface area contributed by atoms with Crippen molar-refractivity contribution in [2.75, 3.05) is 6.54 Å². The molecular formula is C17H27ClFN. The van der Waals surface area contributed by atoms with Crippen LogP contribution in [0.2, 0.25) is 5.02 Å². The maximum absolute atomic E-state index is 13.9. The van der Waals surface area contributed by atoms with Gasteiger partial charge in [-0.2, -0.15) is 0 Å². The Labute approximate surface area is 127 Å². The molecule has 0 heterocycles. The molecule has 1 N–H and O–H groups in total. The molecule has 0 saturated heterocycles. The molecule has 114 valence electrons. The van der Waals surface area contributed by atoms with Gasteiger partial charge >= 0.3 is 0 Å². The van der Waals surface area contributed by atoms with Gasteiger partial charge in [-0.3, -0.25) is 0 Å². The molecule has 0 aliphatic heterocycles. The lowest BCUT2D eigenvalue weighted by Crippen LogP contribution is -2.38. The summed E-state index contributed by atoms with van der Waals surface area (Å²) < 4.78 is 13.9. The summed E-state index contributed by atoms with van der Waals surface area (Å²) in [6, 6.07) is 5.16. The van der Waals surface area contributed by atoms with E-state index in [1.807, 2.05) is 0 Å². The second kappa shape index (κ2) is 9.36. The van der Waals surface area contributed by atoms with E-state index in [0.717, 1.165) is 12.1 Å². The highest BCUT2D eigenvalue weighted by Gasteiger charge is 2.21. The highest BCUT2D eigenvalue weighted by molar-refractivity contribution is 6.30. The van der Waals surface area contributed by atoms with Gasteiger partial charge in [0.15, 0.2) is 0 Å². The summed E-state index contributed by atoms with van der Waals surface area (Å²) in [5.74, 6) is 0.451. The number of benzene rings is 1. The van der Waals surface area contributed by atoms with Crippen molar-refractivity contribution < 1.29 is 4.39 Å². The molecule has 1 nitrogen and oxygen atoms in total. The number of hydrogen-bond acceptors (Lipinski definition) is 1. The molecule has 0 aliphatic carbocycles. The Hall–Kier alpha value is -0.600. The van der Waals surface area contributed by atoms with Gasteiger partial charge in [0.1, 0.15) is 5.82 Å². The van der Waals surface area contributed by atoms with E-state index in [9.17, 15) is 4.39 Å². The Balaban J connectivity index is 2.86. The van der Waals surface area contributed by atoms with Crippen molar-refractivity contribution in [2.45, 2.75) is 58.9 Å². The molecule has 0 fully saturated rings. The predicted octanol–water partition coefficient (Wildman–Crippen LogP) is 5.22. The first-order chi connectivity index (χ1) is 9.62. The van der Waals surface area contributed by atoms with E-state index < -0.39 is 0 Å². The van der Waals surface area contributed by atoms with Crippen LogP contribution in [0.5, 0.6) is 0 Å². The van der Waals surface area contributed by atoms with E-state index in [1.54, 1.807) is 12.1 Å². The SMILES string of the molecule is CCCC(CCC)C(Cc1cc(Cl)ccc1F)NCC. The minimum absolute atomic E-state index is 0.149. The Morgan fingerprint density at radius 3 is 2.35 bits per heavy atom. The topological polar surface area (TPSA) is 12.0 Å². The summed E-state index contributed by atoms with van der Waals surface area (Å²) >= 11 is 5.99. The van der Waals surface area contributed by atoms with E-state index in [0.29, 0.717) is 23.4 Å². The molecule has 0 aliphatic rings. The van der Waals surface area contributed by atoms with Gasteiger partial charge in [0.05, 0.1) is 0 Å². The van der Waals surface area contributed by atoms with Crippen LogP contribution < -0.4 is 5.32 Å². The van der Waals surface area contributed by atoms with Crippen LogP contribution in [0.15, 0.2) is 18.2 Å². The number of nitrogens with one attached hydrogen (secondary N) is 1. The lowest BCUT2D eigenvalue weighted by molar-refractivity contribution is 0.310. The first-order valence-electron chi connectivity index (χ1n) is 7.79. The van der Waals surface area contributed by atoms with Crippen LogP contribution in [0.4, 0.5) is 4.39 Å². The Bertz CT molecular complexity index is 389. The molecule has 0 radical (unpaired) electrons. The van der Waals surface area contributed by atoms with E-state index in [4.69, 9.17) is 11.6 Å². The normalized spacial score (nSPS) is 12.9.